The van der Waals surface area contributed by atoms with Crippen LogP contribution in [-0.2, 0) is 17.6 Å². The number of aliphatic carboxylic acids is 1. The summed E-state index contributed by atoms with van der Waals surface area (Å²) >= 11 is 0. The van der Waals surface area contributed by atoms with Gasteiger partial charge in [0.05, 0.1) is 11.6 Å². The number of hydrogen-bond acceptors (Lipinski definition) is 3. The van der Waals surface area contributed by atoms with Crippen molar-refractivity contribution in [3.8, 4) is 5.69 Å². The van der Waals surface area contributed by atoms with E-state index in [4.69, 9.17) is 0 Å². The lowest BCUT2D eigenvalue weighted by Crippen LogP contribution is -2.39. The highest BCUT2D eigenvalue weighted by Crippen LogP contribution is 2.33. The molecule has 2 aromatic rings. The molecule has 0 aliphatic heterocycles. The Labute approximate surface area is 156 Å². The second kappa shape index (κ2) is 6.79. The van der Waals surface area contributed by atoms with Crippen LogP contribution in [-0.4, -0.2) is 44.3 Å². The fourth-order valence-corrected chi connectivity index (χ4v) is 3.72. The van der Waals surface area contributed by atoms with Crippen LogP contribution in [0.25, 0.3) is 5.69 Å². The zero-order valence-corrected chi connectivity index (χ0v) is 15.2. The normalized spacial score (nSPS) is 16.8. The van der Waals surface area contributed by atoms with Crippen LogP contribution in [0.2, 0.25) is 0 Å². The highest BCUT2D eigenvalue weighted by Gasteiger charge is 2.38. The summed E-state index contributed by atoms with van der Waals surface area (Å²) in [4.78, 5) is 26.2. The third-order valence-electron chi connectivity index (χ3n) is 5.33. The Kier molecular flexibility index (Phi) is 4.45. The van der Waals surface area contributed by atoms with Crippen LogP contribution in [0, 0.1) is 11.7 Å². The van der Waals surface area contributed by atoms with Gasteiger partial charge in [-0.2, -0.15) is 5.10 Å². The highest BCUT2D eigenvalue weighted by molar-refractivity contribution is 5.95. The maximum absolute atomic E-state index is 13.7. The van der Waals surface area contributed by atoms with Crippen LogP contribution >= 0.6 is 0 Å². The molecule has 0 spiro atoms. The van der Waals surface area contributed by atoms with E-state index >= 15 is 0 Å². The van der Waals surface area contributed by atoms with Gasteiger partial charge in [0.1, 0.15) is 5.82 Å². The van der Waals surface area contributed by atoms with Gasteiger partial charge in [-0.1, -0.05) is 13.0 Å². The maximum atomic E-state index is 13.7. The average Bonchev–Trinajstić information content (AvgIpc) is 3.24. The molecule has 27 heavy (non-hydrogen) atoms. The molecule has 0 saturated heterocycles. The number of hydrogen-bond donors (Lipinski definition) is 1. The summed E-state index contributed by atoms with van der Waals surface area (Å²) in [7, 11) is 0. The Morgan fingerprint density at radius 2 is 2.15 bits per heavy atom. The second-order valence-corrected chi connectivity index (χ2v) is 7.45. The smallest absolute Gasteiger partial charge is 0.308 e. The number of amides is 1. The van der Waals surface area contributed by atoms with E-state index in [0.717, 1.165) is 43.4 Å². The number of rotatable bonds is 6. The van der Waals surface area contributed by atoms with Crippen LogP contribution in [0.3, 0.4) is 0 Å². The van der Waals surface area contributed by atoms with Crippen LogP contribution in [0.15, 0.2) is 24.3 Å². The van der Waals surface area contributed by atoms with Crippen molar-refractivity contribution in [3.63, 3.8) is 0 Å². The molecule has 1 aromatic carbocycles. The monoisotopic (exact) mass is 371 g/mol. The summed E-state index contributed by atoms with van der Waals surface area (Å²) in [5.41, 5.74) is 2.85. The van der Waals surface area contributed by atoms with Crippen molar-refractivity contribution in [3.05, 3.63) is 47.0 Å². The van der Waals surface area contributed by atoms with Crippen molar-refractivity contribution in [1.29, 1.82) is 0 Å². The van der Waals surface area contributed by atoms with E-state index in [9.17, 15) is 19.1 Å². The third kappa shape index (κ3) is 3.34. The first-order valence-corrected chi connectivity index (χ1v) is 9.36. The van der Waals surface area contributed by atoms with Crippen LogP contribution in [0.4, 0.5) is 4.39 Å². The number of halogens is 1. The number of carboxylic acids is 1. The van der Waals surface area contributed by atoms with Crippen LogP contribution in [0.1, 0.15) is 47.9 Å². The molecule has 0 bridgehead atoms. The van der Waals surface area contributed by atoms with Gasteiger partial charge in [-0.15, -0.1) is 0 Å². The maximum Gasteiger partial charge on any atom is 0.308 e. The molecule has 1 fully saturated rings. The Morgan fingerprint density at radius 1 is 1.37 bits per heavy atom. The summed E-state index contributed by atoms with van der Waals surface area (Å²) in [6.45, 7) is 1.79. The minimum atomic E-state index is -0.913. The number of carbonyl (C=O) groups is 2. The van der Waals surface area contributed by atoms with Crippen LogP contribution < -0.4 is 0 Å². The number of nitrogens with zero attached hydrogens (tertiary/aromatic N) is 3. The molecule has 2 aliphatic carbocycles. The molecule has 2 aliphatic rings. The highest BCUT2D eigenvalue weighted by atomic mass is 19.1. The van der Waals surface area contributed by atoms with Gasteiger partial charge in [-0.05, 0) is 50.3 Å². The summed E-state index contributed by atoms with van der Waals surface area (Å²) in [6.07, 6.45) is 4.27. The van der Waals surface area contributed by atoms with Gasteiger partial charge in [0.25, 0.3) is 5.91 Å². The Balaban J connectivity index is 1.70. The Morgan fingerprint density at radius 3 is 2.81 bits per heavy atom. The first-order valence-electron chi connectivity index (χ1n) is 9.36. The largest absolute Gasteiger partial charge is 0.481 e. The molecule has 1 unspecified atom stereocenters. The summed E-state index contributed by atoms with van der Waals surface area (Å²) in [5, 5.41) is 13.8. The van der Waals surface area contributed by atoms with Gasteiger partial charge < -0.3 is 10.0 Å². The molecule has 1 amide bonds. The first kappa shape index (κ1) is 17.7. The van der Waals surface area contributed by atoms with Gasteiger partial charge >= 0.3 is 5.97 Å². The molecule has 0 radical (unpaired) electrons. The van der Waals surface area contributed by atoms with Crippen molar-refractivity contribution in [1.82, 2.24) is 14.7 Å². The van der Waals surface area contributed by atoms with Crippen molar-refractivity contribution in [2.24, 2.45) is 5.92 Å². The predicted molar refractivity (Wildman–Crippen MR) is 96.4 cm³/mol. The molecule has 1 heterocycles. The lowest BCUT2D eigenvalue weighted by Gasteiger charge is -2.23. The van der Waals surface area contributed by atoms with E-state index in [1.165, 1.54) is 12.1 Å². The van der Waals surface area contributed by atoms with E-state index in [0.29, 0.717) is 11.4 Å². The molecule has 142 valence electrons. The van der Waals surface area contributed by atoms with E-state index in [2.05, 4.69) is 5.10 Å². The standard InChI is InChI=1S/C20H22FN3O3/c1-12(20(26)27)11-23(14-8-9-14)19(25)18-16-6-3-7-17(16)24(22-18)15-5-2-4-13(21)10-15/h2,4-5,10,12,14H,3,6-9,11H2,1H3,(H,26,27). The van der Waals surface area contributed by atoms with Gasteiger partial charge in [0.2, 0.25) is 0 Å². The molecule has 1 aromatic heterocycles. The molecule has 1 N–H and O–H groups in total. The van der Waals surface area contributed by atoms with Crippen molar-refractivity contribution in [2.75, 3.05) is 6.54 Å². The average molecular weight is 371 g/mol. The van der Waals surface area contributed by atoms with E-state index in [1.807, 2.05) is 0 Å². The Hall–Kier alpha value is -2.70. The molecule has 4 rings (SSSR count). The number of aromatic nitrogens is 2. The minimum absolute atomic E-state index is 0.0932. The second-order valence-electron chi connectivity index (χ2n) is 7.45. The minimum Gasteiger partial charge on any atom is -0.481 e. The van der Waals surface area contributed by atoms with E-state index in [1.54, 1.807) is 28.6 Å². The summed E-state index contributed by atoms with van der Waals surface area (Å²) < 4.78 is 15.3. The number of carbonyl (C=O) groups excluding carboxylic acids is 1. The molecular formula is C20H22FN3O3. The number of carboxylic acid groups (broad SMARTS) is 1. The zero-order valence-electron chi connectivity index (χ0n) is 15.2. The quantitative estimate of drug-likeness (QED) is 0.847. The number of benzene rings is 1. The van der Waals surface area contributed by atoms with Gasteiger partial charge in [-0.3, -0.25) is 9.59 Å². The third-order valence-corrected chi connectivity index (χ3v) is 5.33. The van der Waals surface area contributed by atoms with Gasteiger partial charge in [0.15, 0.2) is 5.69 Å². The van der Waals surface area contributed by atoms with Gasteiger partial charge in [-0.25, -0.2) is 9.07 Å². The van der Waals surface area contributed by atoms with E-state index in [-0.39, 0.29) is 24.3 Å². The molecule has 7 heteroatoms. The summed E-state index contributed by atoms with van der Waals surface area (Å²) in [6, 6.07) is 6.27. The van der Waals surface area contributed by atoms with Crippen molar-refractivity contribution < 1.29 is 19.1 Å². The lowest BCUT2D eigenvalue weighted by atomic mass is 10.1. The predicted octanol–water partition coefficient (Wildman–Crippen LogP) is 2.83. The number of fused-ring (bicyclic) bond motifs is 1. The fraction of sp³-hybridized carbons (Fsp3) is 0.450. The SMILES string of the molecule is CC(CN(C(=O)c1nn(-c2cccc(F)c2)c2c1CCC2)C1CC1)C(=O)O. The first-order chi connectivity index (χ1) is 13.0. The molecule has 1 saturated carbocycles. The van der Waals surface area contributed by atoms with Gasteiger partial charge in [0, 0.05) is 23.8 Å². The Bertz CT molecular complexity index is 904. The molecule has 6 nitrogen and oxygen atoms in total. The summed E-state index contributed by atoms with van der Waals surface area (Å²) in [5.74, 6) is -2.10. The van der Waals surface area contributed by atoms with Crippen molar-refractivity contribution in [2.45, 2.75) is 45.1 Å². The van der Waals surface area contributed by atoms with Crippen LogP contribution in [0.5, 0.6) is 0 Å². The zero-order chi connectivity index (χ0) is 19.1. The van der Waals surface area contributed by atoms with Crippen molar-refractivity contribution >= 4 is 11.9 Å². The topological polar surface area (TPSA) is 75.4 Å². The molecular weight excluding hydrogens is 349 g/mol. The fourth-order valence-electron chi connectivity index (χ4n) is 3.72. The van der Waals surface area contributed by atoms with E-state index < -0.39 is 11.9 Å². The lowest BCUT2D eigenvalue weighted by molar-refractivity contribution is -0.141. The molecule has 1 atom stereocenters.